The van der Waals surface area contributed by atoms with Crippen LogP contribution in [-0.4, -0.2) is 19.7 Å². The van der Waals surface area contributed by atoms with Gasteiger partial charge in [0.1, 0.15) is 11.9 Å². The van der Waals surface area contributed by atoms with Gasteiger partial charge in [-0.1, -0.05) is 25.1 Å². The van der Waals surface area contributed by atoms with E-state index in [-0.39, 0.29) is 5.92 Å². The first-order valence-electron chi connectivity index (χ1n) is 6.89. The summed E-state index contributed by atoms with van der Waals surface area (Å²) < 4.78 is 20.2. The molecule has 0 amide bonds. The maximum atomic E-state index is 14.6. The van der Waals surface area contributed by atoms with Crippen molar-refractivity contribution in [3.8, 4) is 5.75 Å². The molecule has 0 aromatic heterocycles. The van der Waals surface area contributed by atoms with Crippen LogP contribution in [0.1, 0.15) is 37.9 Å². The summed E-state index contributed by atoms with van der Waals surface area (Å²) in [5, 5.41) is 3.27. The molecule has 1 saturated heterocycles. The predicted molar refractivity (Wildman–Crippen MR) is 71.7 cm³/mol. The monoisotopic (exact) mass is 251 g/mol. The number of rotatable bonds is 5. The molecule has 1 atom stereocenters. The summed E-state index contributed by atoms with van der Waals surface area (Å²) >= 11 is 0. The minimum Gasteiger partial charge on any atom is -0.493 e. The molecule has 0 saturated carbocycles. The van der Waals surface area contributed by atoms with Crippen molar-refractivity contribution in [3.05, 3.63) is 29.8 Å². The van der Waals surface area contributed by atoms with Crippen LogP contribution in [0.4, 0.5) is 4.39 Å². The second kappa shape index (κ2) is 6.74. The summed E-state index contributed by atoms with van der Waals surface area (Å²) in [6.07, 6.45) is 1.85. The normalized spacial score (nSPS) is 18.6. The lowest BCUT2D eigenvalue weighted by Gasteiger charge is -2.27. The van der Waals surface area contributed by atoms with Crippen LogP contribution in [0.2, 0.25) is 0 Å². The second-order valence-electron chi connectivity index (χ2n) is 4.88. The number of ether oxygens (including phenoxy) is 1. The van der Waals surface area contributed by atoms with Gasteiger partial charge in [0, 0.05) is 5.56 Å². The van der Waals surface area contributed by atoms with Crippen molar-refractivity contribution < 1.29 is 9.13 Å². The maximum Gasteiger partial charge on any atom is 0.132 e. The third-order valence-corrected chi connectivity index (χ3v) is 3.48. The van der Waals surface area contributed by atoms with Crippen molar-refractivity contribution in [2.45, 2.75) is 32.4 Å². The average Bonchev–Trinajstić information content (AvgIpc) is 2.45. The fourth-order valence-electron chi connectivity index (χ4n) is 2.44. The Morgan fingerprint density at radius 3 is 2.78 bits per heavy atom. The zero-order valence-corrected chi connectivity index (χ0v) is 11.0. The molecule has 2 nitrogen and oxygen atoms in total. The van der Waals surface area contributed by atoms with E-state index < -0.39 is 6.17 Å². The average molecular weight is 251 g/mol. The van der Waals surface area contributed by atoms with Gasteiger partial charge in [-0.2, -0.15) is 0 Å². The van der Waals surface area contributed by atoms with E-state index in [1.165, 1.54) is 0 Å². The summed E-state index contributed by atoms with van der Waals surface area (Å²) in [4.78, 5) is 0. The van der Waals surface area contributed by atoms with E-state index in [9.17, 15) is 4.39 Å². The zero-order chi connectivity index (χ0) is 12.8. The largest absolute Gasteiger partial charge is 0.493 e. The molecular formula is C15H22FNO. The summed E-state index contributed by atoms with van der Waals surface area (Å²) in [6, 6.07) is 7.53. The van der Waals surface area contributed by atoms with Crippen molar-refractivity contribution in [2.24, 2.45) is 5.92 Å². The van der Waals surface area contributed by atoms with Gasteiger partial charge in [0.25, 0.3) is 0 Å². The number of piperidine rings is 1. The van der Waals surface area contributed by atoms with E-state index in [2.05, 4.69) is 12.2 Å². The minimum atomic E-state index is -0.903. The van der Waals surface area contributed by atoms with Gasteiger partial charge in [0.2, 0.25) is 0 Å². The van der Waals surface area contributed by atoms with E-state index in [4.69, 9.17) is 4.74 Å². The fraction of sp³-hybridized carbons (Fsp3) is 0.600. The lowest BCUT2D eigenvalue weighted by Crippen LogP contribution is -2.30. The van der Waals surface area contributed by atoms with Crippen molar-refractivity contribution in [1.29, 1.82) is 0 Å². The summed E-state index contributed by atoms with van der Waals surface area (Å²) in [5.41, 5.74) is 0.720. The van der Waals surface area contributed by atoms with Crippen LogP contribution < -0.4 is 10.1 Å². The molecule has 1 unspecified atom stereocenters. The van der Waals surface area contributed by atoms with E-state index in [0.29, 0.717) is 12.4 Å². The first-order chi connectivity index (χ1) is 8.83. The Balaban J connectivity index is 2.10. The van der Waals surface area contributed by atoms with Crippen LogP contribution in [0.5, 0.6) is 5.75 Å². The van der Waals surface area contributed by atoms with E-state index in [0.717, 1.165) is 37.9 Å². The van der Waals surface area contributed by atoms with Gasteiger partial charge in [-0.25, -0.2) is 4.39 Å². The molecule has 1 aromatic carbocycles. The van der Waals surface area contributed by atoms with E-state index >= 15 is 0 Å². The molecule has 3 heteroatoms. The van der Waals surface area contributed by atoms with Gasteiger partial charge in [-0.15, -0.1) is 0 Å². The van der Waals surface area contributed by atoms with Crippen molar-refractivity contribution in [1.82, 2.24) is 5.32 Å². The lowest BCUT2D eigenvalue weighted by molar-refractivity contribution is 0.183. The Bertz CT molecular complexity index is 363. The third kappa shape index (κ3) is 3.22. The van der Waals surface area contributed by atoms with Crippen LogP contribution >= 0.6 is 0 Å². The number of hydrogen-bond donors (Lipinski definition) is 1. The molecule has 1 aliphatic heterocycles. The highest BCUT2D eigenvalue weighted by atomic mass is 19.1. The number of para-hydroxylation sites is 1. The van der Waals surface area contributed by atoms with Crippen molar-refractivity contribution >= 4 is 0 Å². The topological polar surface area (TPSA) is 21.3 Å². The highest BCUT2D eigenvalue weighted by Crippen LogP contribution is 2.37. The Labute approximate surface area is 109 Å². The summed E-state index contributed by atoms with van der Waals surface area (Å²) in [5.74, 6) is 0.836. The van der Waals surface area contributed by atoms with Crippen LogP contribution in [-0.2, 0) is 0 Å². The Morgan fingerprint density at radius 1 is 1.33 bits per heavy atom. The molecule has 0 aliphatic carbocycles. The Hall–Kier alpha value is -1.09. The first kappa shape index (κ1) is 13.3. The van der Waals surface area contributed by atoms with Crippen molar-refractivity contribution in [3.63, 3.8) is 0 Å². The SMILES string of the molecule is CCCOc1ccccc1C(F)C1CCNCC1. The number of benzene rings is 1. The van der Waals surface area contributed by atoms with Gasteiger partial charge in [0.05, 0.1) is 6.61 Å². The molecular weight excluding hydrogens is 229 g/mol. The van der Waals surface area contributed by atoms with Gasteiger partial charge < -0.3 is 10.1 Å². The summed E-state index contributed by atoms with van der Waals surface area (Å²) in [7, 11) is 0. The van der Waals surface area contributed by atoms with Crippen LogP contribution in [0.3, 0.4) is 0 Å². The number of hydrogen-bond acceptors (Lipinski definition) is 2. The number of halogens is 1. The zero-order valence-electron chi connectivity index (χ0n) is 11.0. The molecule has 1 heterocycles. The second-order valence-corrected chi connectivity index (χ2v) is 4.88. The first-order valence-corrected chi connectivity index (χ1v) is 6.89. The van der Waals surface area contributed by atoms with Crippen molar-refractivity contribution in [2.75, 3.05) is 19.7 Å². The number of nitrogens with one attached hydrogen (secondary N) is 1. The van der Waals surface area contributed by atoms with Gasteiger partial charge in [-0.05, 0) is 44.3 Å². The van der Waals surface area contributed by atoms with Gasteiger partial charge >= 0.3 is 0 Å². The smallest absolute Gasteiger partial charge is 0.132 e. The Kier molecular flexibility index (Phi) is 5.00. The lowest BCUT2D eigenvalue weighted by atomic mass is 9.89. The molecule has 0 radical (unpaired) electrons. The molecule has 1 aliphatic rings. The standard InChI is InChI=1S/C15H22FNO/c1-2-11-18-14-6-4-3-5-13(14)15(16)12-7-9-17-10-8-12/h3-6,12,15,17H,2,7-11H2,1H3. The molecule has 100 valence electrons. The molecule has 1 aromatic rings. The van der Waals surface area contributed by atoms with Crippen LogP contribution in [0.25, 0.3) is 0 Å². The predicted octanol–water partition coefficient (Wildman–Crippen LogP) is 3.49. The molecule has 1 fully saturated rings. The van der Waals surface area contributed by atoms with E-state index in [1.54, 1.807) is 0 Å². The number of alkyl halides is 1. The Morgan fingerprint density at radius 2 is 2.06 bits per heavy atom. The molecule has 2 rings (SSSR count). The highest BCUT2D eigenvalue weighted by molar-refractivity contribution is 5.35. The van der Waals surface area contributed by atoms with Gasteiger partial charge in [-0.3, -0.25) is 0 Å². The molecule has 18 heavy (non-hydrogen) atoms. The maximum absolute atomic E-state index is 14.6. The van der Waals surface area contributed by atoms with Gasteiger partial charge in [0.15, 0.2) is 0 Å². The highest BCUT2D eigenvalue weighted by Gasteiger charge is 2.26. The quantitative estimate of drug-likeness (QED) is 0.865. The molecule has 0 spiro atoms. The summed E-state index contributed by atoms with van der Waals surface area (Å²) in [6.45, 7) is 4.55. The molecule has 0 bridgehead atoms. The van der Waals surface area contributed by atoms with Crippen LogP contribution in [0, 0.1) is 5.92 Å². The minimum absolute atomic E-state index is 0.123. The molecule has 1 N–H and O–H groups in total. The third-order valence-electron chi connectivity index (χ3n) is 3.48. The van der Waals surface area contributed by atoms with E-state index in [1.807, 2.05) is 24.3 Å². The van der Waals surface area contributed by atoms with Crippen LogP contribution in [0.15, 0.2) is 24.3 Å². The fourth-order valence-corrected chi connectivity index (χ4v) is 2.44.